The van der Waals surface area contributed by atoms with Gasteiger partial charge in [0.25, 0.3) is 0 Å². The van der Waals surface area contributed by atoms with Crippen molar-refractivity contribution in [2.45, 2.75) is 46.1 Å². The molecule has 1 aliphatic heterocycles. The van der Waals surface area contributed by atoms with Gasteiger partial charge in [-0.2, -0.15) is 5.10 Å². The van der Waals surface area contributed by atoms with E-state index in [0.29, 0.717) is 19.4 Å². The lowest BCUT2D eigenvalue weighted by Gasteiger charge is -2.07. The van der Waals surface area contributed by atoms with Crippen molar-refractivity contribution >= 4 is 5.91 Å². The van der Waals surface area contributed by atoms with Gasteiger partial charge in [0.15, 0.2) is 0 Å². The molecule has 1 N–H and O–H groups in total. The number of benzene rings is 1. The smallest absolute Gasteiger partial charge is 0.224 e. The summed E-state index contributed by atoms with van der Waals surface area (Å²) in [4.78, 5) is 12.4. The number of para-hydroxylation sites is 1. The molecule has 3 aromatic rings. The molecule has 0 fully saturated rings. The third-order valence-corrected chi connectivity index (χ3v) is 5.14. The number of hydrogen-bond acceptors (Lipinski definition) is 4. The molecule has 0 saturated carbocycles. The van der Waals surface area contributed by atoms with E-state index in [2.05, 4.69) is 25.2 Å². The van der Waals surface area contributed by atoms with Crippen molar-refractivity contribution in [1.82, 2.24) is 29.9 Å². The van der Waals surface area contributed by atoms with Crippen molar-refractivity contribution in [3.05, 3.63) is 58.9 Å². The highest BCUT2D eigenvalue weighted by molar-refractivity contribution is 5.79. The molecule has 1 aliphatic rings. The van der Waals surface area contributed by atoms with Crippen molar-refractivity contribution in [1.29, 1.82) is 0 Å². The minimum absolute atomic E-state index is 0.00923. The second-order valence-corrected chi connectivity index (χ2v) is 6.96. The Bertz CT molecular complexity index is 957. The second kappa shape index (κ2) is 7.34. The highest BCUT2D eigenvalue weighted by Crippen LogP contribution is 2.18. The van der Waals surface area contributed by atoms with Crippen LogP contribution in [0, 0.1) is 13.8 Å². The van der Waals surface area contributed by atoms with E-state index in [1.807, 2.05) is 48.9 Å². The van der Waals surface area contributed by atoms with Crippen LogP contribution in [-0.2, 0) is 30.6 Å². The predicted molar refractivity (Wildman–Crippen MR) is 102 cm³/mol. The Morgan fingerprint density at radius 3 is 2.81 bits per heavy atom. The Morgan fingerprint density at radius 2 is 2.00 bits per heavy atom. The summed E-state index contributed by atoms with van der Waals surface area (Å²) in [6, 6.07) is 9.98. The third kappa shape index (κ3) is 3.49. The highest BCUT2D eigenvalue weighted by atomic mass is 16.1. The summed E-state index contributed by atoms with van der Waals surface area (Å²) in [5.74, 6) is 2.04. The van der Waals surface area contributed by atoms with Gasteiger partial charge in [0, 0.05) is 37.2 Å². The lowest BCUT2D eigenvalue weighted by Crippen LogP contribution is -2.28. The molecule has 0 bridgehead atoms. The van der Waals surface area contributed by atoms with Gasteiger partial charge in [-0.1, -0.05) is 18.2 Å². The summed E-state index contributed by atoms with van der Waals surface area (Å²) in [6.07, 6.45) is 3.18. The molecular weight excluding hydrogens is 340 g/mol. The number of aryl methyl sites for hydroxylation is 2. The molecule has 1 aromatic carbocycles. The third-order valence-electron chi connectivity index (χ3n) is 5.14. The molecule has 0 saturated heterocycles. The molecule has 0 aliphatic carbocycles. The molecule has 0 spiro atoms. The first kappa shape index (κ1) is 17.5. The normalized spacial score (nSPS) is 13.0. The average molecular weight is 364 g/mol. The van der Waals surface area contributed by atoms with Crippen molar-refractivity contribution in [3.63, 3.8) is 0 Å². The maximum absolute atomic E-state index is 12.4. The van der Waals surface area contributed by atoms with Gasteiger partial charge in [-0.25, -0.2) is 4.68 Å². The molecule has 3 heterocycles. The van der Waals surface area contributed by atoms with E-state index in [4.69, 9.17) is 0 Å². The fourth-order valence-electron chi connectivity index (χ4n) is 3.68. The molecule has 0 atom stereocenters. The predicted octanol–water partition coefficient (Wildman–Crippen LogP) is 1.93. The minimum atomic E-state index is 0.00923. The topological polar surface area (TPSA) is 77.6 Å². The van der Waals surface area contributed by atoms with Crippen LogP contribution in [0.3, 0.4) is 0 Å². The standard InChI is InChI=1S/C20H24N6O/c1-14-17(15(2)26(24-14)16-7-4-3-5-8-16)13-20(27)21-11-10-19-23-22-18-9-6-12-25(18)19/h3-5,7-8H,6,9-13H2,1-2H3,(H,21,27). The molecule has 0 unspecified atom stereocenters. The molecule has 4 rings (SSSR count). The average Bonchev–Trinajstić information content (AvgIpc) is 3.35. The first-order valence-corrected chi connectivity index (χ1v) is 9.41. The number of carbonyl (C=O) groups excluding carboxylic acids is 1. The lowest BCUT2D eigenvalue weighted by molar-refractivity contribution is -0.120. The van der Waals surface area contributed by atoms with E-state index in [1.165, 1.54) is 0 Å². The largest absolute Gasteiger partial charge is 0.355 e. The minimum Gasteiger partial charge on any atom is -0.355 e. The first-order valence-electron chi connectivity index (χ1n) is 9.41. The summed E-state index contributed by atoms with van der Waals surface area (Å²) >= 11 is 0. The van der Waals surface area contributed by atoms with Crippen molar-refractivity contribution < 1.29 is 4.79 Å². The number of hydrogen-bond donors (Lipinski definition) is 1. The number of carbonyl (C=O) groups is 1. The number of amides is 1. The number of nitrogens with zero attached hydrogens (tertiary/aromatic N) is 5. The zero-order valence-corrected chi connectivity index (χ0v) is 15.8. The Hall–Kier alpha value is -2.96. The van der Waals surface area contributed by atoms with Crippen LogP contribution in [0.2, 0.25) is 0 Å². The first-order chi connectivity index (χ1) is 13.1. The van der Waals surface area contributed by atoms with Gasteiger partial charge in [-0.3, -0.25) is 4.79 Å². The molecule has 1 amide bonds. The van der Waals surface area contributed by atoms with Gasteiger partial charge in [0.2, 0.25) is 5.91 Å². The number of fused-ring (bicyclic) bond motifs is 1. The maximum Gasteiger partial charge on any atom is 0.224 e. The van der Waals surface area contributed by atoms with Crippen molar-refractivity contribution in [2.75, 3.05) is 6.54 Å². The molecule has 7 nitrogen and oxygen atoms in total. The van der Waals surface area contributed by atoms with Gasteiger partial charge in [-0.05, 0) is 32.4 Å². The summed E-state index contributed by atoms with van der Waals surface area (Å²) in [7, 11) is 0. The van der Waals surface area contributed by atoms with E-state index >= 15 is 0 Å². The Labute approximate surface area is 158 Å². The van der Waals surface area contributed by atoms with Gasteiger partial charge in [0.05, 0.1) is 17.8 Å². The maximum atomic E-state index is 12.4. The van der Waals surface area contributed by atoms with E-state index in [-0.39, 0.29) is 5.91 Å². The number of nitrogens with one attached hydrogen (secondary N) is 1. The van der Waals surface area contributed by atoms with Gasteiger partial charge in [-0.15, -0.1) is 10.2 Å². The fraction of sp³-hybridized carbons (Fsp3) is 0.400. The van der Waals surface area contributed by atoms with Crippen LogP contribution in [0.1, 0.15) is 35.0 Å². The van der Waals surface area contributed by atoms with Crippen LogP contribution in [0.25, 0.3) is 5.69 Å². The monoisotopic (exact) mass is 364 g/mol. The van der Waals surface area contributed by atoms with Crippen LogP contribution in [0.5, 0.6) is 0 Å². The van der Waals surface area contributed by atoms with E-state index < -0.39 is 0 Å². The molecule has 2 aromatic heterocycles. The van der Waals surface area contributed by atoms with Crippen LogP contribution in [0.15, 0.2) is 30.3 Å². The van der Waals surface area contributed by atoms with E-state index in [1.54, 1.807) is 0 Å². The zero-order chi connectivity index (χ0) is 18.8. The van der Waals surface area contributed by atoms with Gasteiger partial charge >= 0.3 is 0 Å². The van der Waals surface area contributed by atoms with Crippen molar-refractivity contribution in [3.8, 4) is 5.69 Å². The van der Waals surface area contributed by atoms with Crippen LogP contribution in [-0.4, -0.2) is 37.0 Å². The number of aromatic nitrogens is 5. The summed E-state index contributed by atoms with van der Waals surface area (Å²) in [5, 5.41) is 16.1. The summed E-state index contributed by atoms with van der Waals surface area (Å²) in [5.41, 5.74) is 3.89. The van der Waals surface area contributed by atoms with E-state index in [9.17, 15) is 4.79 Å². The molecular formula is C20H24N6O. The van der Waals surface area contributed by atoms with Gasteiger partial charge in [0.1, 0.15) is 11.6 Å². The van der Waals surface area contributed by atoms with Crippen LogP contribution < -0.4 is 5.32 Å². The molecule has 140 valence electrons. The highest BCUT2D eigenvalue weighted by Gasteiger charge is 2.18. The van der Waals surface area contributed by atoms with E-state index in [0.717, 1.165) is 53.7 Å². The summed E-state index contributed by atoms with van der Waals surface area (Å²) < 4.78 is 4.07. The SMILES string of the molecule is Cc1nn(-c2ccccc2)c(C)c1CC(=O)NCCc1nnc2n1CCC2. The molecule has 0 radical (unpaired) electrons. The Kier molecular flexibility index (Phi) is 4.75. The van der Waals surface area contributed by atoms with Crippen LogP contribution in [0.4, 0.5) is 0 Å². The molecule has 27 heavy (non-hydrogen) atoms. The lowest BCUT2D eigenvalue weighted by atomic mass is 10.1. The second-order valence-electron chi connectivity index (χ2n) is 6.96. The zero-order valence-electron chi connectivity index (χ0n) is 15.8. The quantitative estimate of drug-likeness (QED) is 0.725. The Balaban J connectivity index is 1.37. The molecule has 7 heteroatoms. The van der Waals surface area contributed by atoms with Gasteiger partial charge < -0.3 is 9.88 Å². The Morgan fingerprint density at radius 1 is 1.19 bits per heavy atom. The number of rotatable bonds is 6. The summed E-state index contributed by atoms with van der Waals surface area (Å²) in [6.45, 7) is 5.52. The van der Waals surface area contributed by atoms with Crippen molar-refractivity contribution in [2.24, 2.45) is 0 Å². The van der Waals surface area contributed by atoms with Crippen LogP contribution >= 0.6 is 0 Å². The fourth-order valence-corrected chi connectivity index (χ4v) is 3.68.